The van der Waals surface area contributed by atoms with Gasteiger partial charge in [-0.05, 0) is 18.6 Å². The van der Waals surface area contributed by atoms with Gasteiger partial charge in [0.25, 0.3) is 0 Å². The summed E-state index contributed by atoms with van der Waals surface area (Å²) >= 11 is 1.78. The lowest BCUT2D eigenvalue weighted by molar-refractivity contribution is 0.0695. The first-order chi connectivity index (χ1) is 7.31. The van der Waals surface area contributed by atoms with Gasteiger partial charge in [0.2, 0.25) is 0 Å². The lowest BCUT2D eigenvalue weighted by atomic mass is 10.1. The van der Waals surface area contributed by atoms with E-state index in [1.807, 2.05) is 12.1 Å². The van der Waals surface area contributed by atoms with Gasteiger partial charge < -0.3 is 5.11 Å². The molecule has 1 N–H and O–H groups in total. The minimum atomic E-state index is -0.850. The number of aromatic carboxylic acids is 1. The topological polar surface area (TPSA) is 37.3 Å². The molecule has 0 radical (unpaired) electrons. The predicted molar refractivity (Wildman–Crippen MR) is 69.2 cm³/mol. The first-order valence-corrected chi connectivity index (χ1v) is 6.19. The number of hydrogen-bond donors (Lipinski definition) is 1. The molecule has 1 rings (SSSR count). The van der Waals surface area contributed by atoms with Crippen LogP contribution in [0.1, 0.15) is 48.9 Å². The van der Waals surface area contributed by atoms with E-state index in [2.05, 4.69) is 27.7 Å². The van der Waals surface area contributed by atoms with Crippen molar-refractivity contribution in [1.29, 1.82) is 0 Å². The Labute approximate surface area is 101 Å². The molecule has 16 heavy (non-hydrogen) atoms. The summed E-state index contributed by atoms with van der Waals surface area (Å²) in [5.74, 6) is -0.850. The van der Waals surface area contributed by atoms with Crippen LogP contribution in [0.5, 0.6) is 0 Å². The Morgan fingerprint density at radius 1 is 1.31 bits per heavy atom. The average molecular weight is 238 g/mol. The van der Waals surface area contributed by atoms with Gasteiger partial charge in [0.05, 0.1) is 5.56 Å². The smallest absolute Gasteiger partial charge is 0.336 e. The molecule has 0 aliphatic heterocycles. The zero-order valence-electron chi connectivity index (χ0n) is 10.2. The van der Waals surface area contributed by atoms with Gasteiger partial charge in [-0.3, -0.25) is 0 Å². The summed E-state index contributed by atoms with van der Waals surface area (Å²) in [6.07, 6.45) is 0. The van der Waals surface area contributed by atoms with Crippen LogP contribution in [0.15, 0.2) is 24.3 Å². The number of thioether (sulfide) groups is 1. The number of benzene rings is 1. The standard InChI is InChI=1S/C13H18O2S/c1-9(16-13(2,3)4)10-7-5-6-8-11(10)12(14)15/h5-9H,1-4H3,(H,14,15). The molecule has 0 spiro atoms. The molecular formula is C13H18O2S. The number of hydrogen-bond acceptors (Lipinski definition) is 2. The van der Waals surface area contributed by atoms with Gasteiger partial charge in [0, 0.05) is 10.00 Å². The minimum absolute atomic E-state index is 0.130. The number of carbonyl (C=O) groups is 1. The van der Waals surface area contributed by atoms with Gasteiger partial charge in [-0.2, -0.15) is 0 Å². The second-order valence-electron chi connectivity index (χ2n) is 4.76. The fourth-order valence-electron chi connectivity index (χ4n) is 1.64. The molecule has 0 fully saturated rings. The van der Waals surface area contributed by atoms with Crippen LogP contribution >= 0.6 is 11.8 Å². The maximum absolute atomic E-state index is 11.1. The van der Waals surface area contributed by atoms with E-state index in [1.165, 1.54) is 0 Å². The lowest BCUT2D eigenvalue weighted by Gasteiger charge is -2.24. The Morgan fingerprint density at radius 3 is 2.38 bits per heavy atom. The number of rotatable bonds is 3. The number of carboxylic acid groups (broad SMARTS) is 1. The molecule has 1 unspecified atom stereocenters. The summed E-state index contributed by atoms with van der Waals surface area (Å²) < 4.78 is 0.130. The summed E-state index contributed by atoms with van der Waals surface area (Å²) in [6, 6.07) is 7.22. The monoisotopic (exact) mass is 238 g/mol. The second kappa shape index (κ2) is 4.91. The molecule has 0 bridgehead atoms. The first kappa shape index (κ1) is 13.1. The van der Waals surface area contributed by atoms with Crippen molar-refractivity contribution in [3.63, 3.8) is 0 Å². The van der Waals surface area contributed by atoms with Crippen molar-refractivity contribution in [1.82, 2.24) is 0 Å². The molecular weight excluding hydrogens is 220 g/mol. The van der Waals surface area contributed by atoms with Gasteiger partial charge in [-0.25, -0.2) is 4.79 Å². The minimum Gasteiger partial charge on any atom is -0.478 e. The van der Waals surface area contributed by atoms with Gasteiger partial charge in [-0.1, -0.05) is 39.0 Å². The van der Waals surface area contributed by atoms with Crippen LogP contribution in [0.2, 0.25) is 0 Å². The largest absolute Gasteiger partial charge is 0.478 e. The highest BCUT2D eigenvalue weighted by atomic mass is 32.2. The molecule has 3 heteroatoms. The zero-order valence-corrected chi connectivity index (χ0v) is 11.0. The third-order valence-corrected chi connectivity index (χ3v) is 3.47. The Balaban J connectivity index is 2.99. The van der Waals surface area contributed by atoms with Crippen LogP contribution in [-0.2, 0) is 0 Å². The fraction of sp³-hybridized carbons (Fsp3) is 0.462. The van der Waals surface area contributed by atoms with Gasteiger partial charge in [0.15, 0.2) is 0 Å². The SMILES string of the molecule is CC(SC(C)(C)C)c1ccccc1C(=O)O. The fourth-order valence-corrected chi connectivity index (χ4v) is 3.03. The second-order valence-corrected chi connectivity index (χ2v) is 6.93. The molecule has 0 aliphatic rings. The Hall–Kier alpha value is -0.960. The molecule has 0 saturated carbocycles. The van der Waals surface area contributed by atoms with Crippen molar-refractivity contribution >= 4 is 17.7 Å². The highest BCUT2D eigenvalue weighted by Crippen LogP contribution is 2.38. The van der Waals surface area contributed by atoms with E-state index in [0.29, 0.717) is 5.56 Å². The van der Waals surface area contributed by atoms with Crippen molar-refractivity contribution < 1.29 is 9.90 Å². The molecule has 0 saturated heterocycles. The van der Waals surface area contributed by atoms with Gasteiger partial charge >= 0.3 is 5.97 Å². The van der Waals surface area contributed by atoms with Crippen molar-refractivity contribution in [2.75, 3.05) is 0 Å². The first-order valence-electron chi connectivity index (χ1n) is 5.31. The highest BCUT2D eigenvalue weighted by Gasteiger charge is 2.20. The average Bonchev–Trinajstić information content (AvgIpc) is 2.15. The molecule has 88 valence electrons. The normalized spacial score (nSPS) is 13.5. The summed E-state index contributed by atoms with van der Waals surface area (Å²) in [5, 5.41) is 9.29. The quantitative estimate of drug-likeness (QED) is 0.865. The van der Waals surface area contributed by atoms with E-state index in [-0.39, 0.29) is 10.00 Å². The highest BCUT2D eigenvalue weighted by molar-refractivity contribution is 8.00. The predicted octanol–water partition coefficient (Wildman–Crippen LogP) is 3.98. The number of carboxylic acids is 1. The van der Waals surface area contributed by atoms with E-state index in [4.69, 9.17) is 5.11 Å². The summed E-state index contributed by atoms with van der Waals surface area (Å²) in [7, 11) is 0. The maximum atomic E-state index is 11.1. The molecule has 0 aliphatic carbocycles. The molecule has 1 aromatic carbocycles. The summed E-state index contributed by atoms with van der Waals surface area (Å²) in [4.78, 5) is 11.1. The van der Waals surface area contributed by atoms with E-state index in [0.717, 1.165) is 5.56 Å². The van der Waals surface area contributed by atoms with Crippen molar-refractivity contribution in [3.05, 3.63) is 35.4 Å². The molecule has 1 atom stereocenters. The van der Waals surface area contributed by atoms with Crippen molar-refractivity contribution in [3.8, 4) is 0 Å². The Morgan fingerprint density at radius 2 is 1.88 bits per heavy atom. The van der Waals surface area contributed by atoms with E-state index in [1.54, 1.807) is 23.9 Å². The summed E-state index contributed by atoms with van der Waals surface area (Å²) in [6.45, 7) is 8.46. The maximum Gasteiger partial charge on any atom is 0.336 e. The van der Waals surface area contributed by atoms with Crippen molar-refractivity contribution in [2.45, 2.75) is 37.7 Å². The molecule has 0 heterocycles. The van der Waals surface area contributed by atoms with Crippen LogP contribution in [-0.4, -0.2) is 15.8 Å². The molecule has 1 aromatic rings. The third-order valence-electron chi connectivity index (χ3n) is 2.16. The zero-order chi connectivity index (χ0) is 12.3. The van der Waals surface area contributed by atoms with Crippen LogP contribution in [0.4, 0.5) is 0 Å². The van der Waals surface area contributed by atoms with Gasteiger partial charge in [-0.15, -0.1) is 11.8 Å². The van der Waals surface area contributed by atoms with Crippen LogP contribution in [0.3, 0.4) is 0 Å². The Kier molecular flexibility index (Phi) is 4.03. The van der Waals surface area contributed by atoms with E-state index < -0.39 is 5.97 Å². The Bertz CT molecular complexity index is 380. The lowest BCUT2D eigenvalue weighted by Crippen LogP contribution is -2.12. The molecule has 0 aromatic heterocycles. The van der Waals surface area contributed by atoms with Crippen LogP contribution < -0.4 is 0 Å². The van der Waals surface area contributed by atoms with Crippen molar-refractivity contribution in [2.24, 2.45) is 0 Å². The summed E-state index contributed by atoms with van der Waals surface area (Å²) in [5.41, 5.74) is 1.31. The van der Waals surface area contributed by atoms with E-state index >= 15 is 0 Å². The van der Waals surface area contributed by atoms with Gasteiger partial charge in [0.1, 0.15) is 0 Å². The molecule has 2 nitrogen and oxygen atoms in total. The van der Waals surface area contributed by atoms with E-state index in [9.17, 15) is 4.79 Å². The van der Waals surface area contributed by atoms with Crippen LogP contribution in [0.25, 0.3) is 0 Å². The molecule has 0 amide bonds. The van der Waals surface area contributed by atoms with Crippen LogP contribution in [0, 0.1) is 0 Å². The third kappa shape index (κ3) is 3.56.